The first-order valence-electron chi connectivity index (χ1n) is 8.17. The van der Waals surface area contributed by atoms with E-state index < -0.39 is 4.87 Å². The molecule has 1 spiro atoms. The average molecular weight is 354 g/mol. The first-order valence-corrected chi connectivity index (χ1v) is 9.15. The summed E-state index contributed by atoms with van der Waals surface area (Å²) in [6.07, 6.45) is 0. The van der Waals surface area contributed by atoms with E-state index in [9.17, 15) is 9.59 Å². The smallest absolute Gasteiger partial charge is 0.268 e. The van der Waals surface area contributed by atoms with Crippen LogP contribution < -0.4 is 14.5 Å². The van der Waals surface area contributed by atoms with Crippen molar-refractivity contribution in [2.75, 3.05) is 29.2 Å². The maximum absolute atomic E-state index is 13.2. The molecule has 128 valence electrons. The highest BCUT2D eigenvalue weighted by Crippen LogP contribution is 2.55. The van der Waals surface area contributed by atoms with Crippen LogP contribution >= 0.6 is 11.8 Å². The predicted octanol–water partition coefficient (Wildman–Crippen LogP) is 2.99. The average Bonchev–Trinajstić information content (AvgIpc) is 3.08. The van der Waals surface area contributed by atoms with Gasteiger partial charge < -0.3 is 9.64 Å². The second-order valence-electron chi connectivity index (χ2n) is 5.97. The highest BCUT2D eigenvalue weighted by molar-refractivity contribution is 8.02. The minimum absolute atomic E-state index is 0.0624. The summed E-state index contributed by atoms with van der Waals surface area (Å²) in [7, 11) is 1.76. The Hall–Kier alpha value is -2.47. The van der Waals surface area contributed by atoms with Gasteiger partial charge in [0.05, 0.1) is 18.0 Å². The normalized spacial score (nSPS) is 22.0. The van der Waals surface area contributed by atoms with Crippen LogP contribution in [0.3, 0.4) is 0 Å². The molecular weight excluding hydrogens is 336 g/mol. The molecule has 5 nitrogen and oxygen atoms in total. The SMILES string of the molecule is CCOc1ccc(N2C(=O)CS[C@]23C(=O)N(C)c2ccccc23)cc1. The zero-order valence-electron chi connectivity index (χ0n) is 14.1. The highest BCUT2D eigenvalue weighted by atomic mass is 32.2. The molecule has 2 aliphatic rings. The number of nitrogens with zero attached hydrogens (tertiary/aromatic N) is 2. The number of thioether (sulfide) groups is 1. The van der Waals surface area contributed by atoms with Crippen LogP contribution in [0.15, 0.2) is 48.5 Å². The summed E-state index contributed by atoms with van der Waals surface area (Å²) >= 11 is 1.39. The maximum Gasteiger partial charge on any atom is 0.268 e. The van der Waals surface area contributed by atoms with Crippen LogP contribution in [0.5, 0.6) is 5.75 Å². The largest absolute Gasteiger partial charge is 0.494 e. The van der Waals surface area contributed by atoms with Gasteiger partial charge in [-0.1, -0.05) is 18.2 Å². The number of hydrogen-bond donors (Lipinski definition) is 0. The van der Waals surface area contributed by atoms with Crippen molar-refractivity contribution >= 4 is 35.0 Å². The fourth-order valence-electron chi connectivity index (χ4n) is 3.51. The van der Waals surface area contributed by atoms with E-state index in [4.69, 9.17) is 4.74 Å². The molecule has 2 aromatic carbocycles. The van der Waals surface area contributed by atoms with E-state index in [1.165, 1.54) is 11.8 Å². The third kappa shape index (κ3) is 2.17. The number of amides is 2. The number of hydrogen-bond acceptors (Lipinski definition) is 4. The molecule has 0 bridgehead atoms. The van der Waals surface area contributed by atoms with E-state index in [1.807, 2.05) is 55.5 Å². The van der Waals surface area contributed by atoms with Gasteiger partial charge in [-0.2, -0.15) is 0 Å². The zero-order chi connectivity index (χ0) is 17.6. The Morgan fingerprint density at radius 2 is 1.84 bits per heavy atom. The molecule has 0 N–H and O–H groups in total. The fourth-order valence-corrected chi connectivity index (χ4v) is 4.90. The molecule has 4 rings (SSSR count). The summed E-state index contributed by atoms with van der Waals surface area (Å²) in [5, 5.41) is 0. The van der Waals surface area contributed by atoms with Gasteiger partial charge in [0.2, 0.25) is 10.8 Å². The molecule has 1 atom stereocenters. The van der Waals surface area contributed by atoms with Crippen LogP contribution in [0.1, 0.15) is 12.5 Å². The standard InChI is InChI=1S/C19H18N2O3S/c1-3-24-14-10-8-13(9-11-14)21-17(22)12-25-19(21)15-6-4-5-7-16(15)20(2)18(19)23/h4-11H,3,12H2,1-2H3/t19-/m1/s1. The second kappa shape index (κ2) is 5.81. The van der Waals surface area contributed by atoms with Gasteiger partial charge in [-0.05, 0) is 37.3 Å². The van der Waals surface area contributed by atoms with Gasteiger partial charge in [-0.3, -0.25) is 14.5 Å². The van der Waals surface area contributed by atoms with Crippen molar-refractivity contribution < 1.29 is 14.3 Å². The van der Waals surface area contributed by atoms with E-state index in [-0.39, 0.29) is 17.6 Å². The molecule has 2 aromatic rings. The van der Waals surface area contributed by atoms with Crippen molar-refractivity contribution in [3.8, 4) is 5.75 Å². The molecule has 1 fully saturated rings. The van der Waals surface area contributed by atoms with E-state index in [1.54, 1.807) is 16.8 Å². The van der Waals surface area contributed by atoms with Crippen LogP contribution in [0, 0.1) is 0 Å². The van der Waals surface area contributed by atoms with E-state index in [2.05, 4.69) is 0 Å². The number of anilines is 2. The van der Waals surface area contributed by atoms with Gasteiger partial charge in [0.15, 0.2) is 0 Å². The van der Waals surface area contributed by atoms with Crippen LogP contribution in [0.2, 0.25) is 0 Å². The summed E-state index contributed by atoms with van der Waals surface area (Å²) in [5.41, 5.74) is 2.43. The minimum Gasteiger partial charge on any atom is -0.494 e. The molecule has 1 saturated heterocycles. The van der Waals surface area contributed by atoms with Gasteiger partial charge in [0.25, 0.3) is 5.91 Å². The Kier molecular flexibility index (Phi) is 3.72. The number of ether oxygens (including phenoxy) is 1. The molecule has 0 unspecified atom stereocenters. The predicted molar refractivity (Wildman–Crippen MR) is 99.1 cm³/mol. The lowest BCUT2D eigenvalue weighted by molar-refractivity contribution is -0.123. The Balaban J connectivity index is 1.84. The van der Waals surface area contributed by atoms with Crippen molar-refractivity contribution in [2.24, 2.45) is 0 Å². The summed E-state index contributed by atoms with van der Waals surface area (Å²) < 4.78 is 5.48. The van der Waals surface area contributed by atoms with Crippen LogP contribution in [0.4, 0.5) is 11.4 Å². The van der Waals surface area contributed by atoms with Gasteiger partial charge in [0.1, 0.15) is 5.75 Å². The van der Waals surface area contributed by atoms with E-state index >= 15 is 0 Å². The van der Waals surface area contributed by atoms with Crippen molar-refractivity contribution in [3.63, 3.8) is 0 Å². The lowest BCUT2D eigenvalue weighted by atomic mass is 10.0. The number of fused-ring (bicyclic) bond motifs is 2. The Morgan fingerprint density at radius 3 is 2.56 bits per heavy atom. The van der Waals surface area contributed by atoms with E-state index in [0.29, 0.717) is 12.3 Å². The van der Waals surface area contributed by atoms with Crippen molar-refractivity contribution in [1.82, 2.24) is 0 Å². The number of rotatable bonds is 3. The van der Waals surface area contributed by atoms with Crippen LogP contribution in [-0.4, -0.2) is 31.2 Å². The third-order valence-corrected chi connectivity index (χ3v) is 5.99. The molecule has 0 radical (unpaired) electrons. The zero-order valence-corrected chi connectivity index (χ0v) is 14.9. The van der Waals surface area contributed by atoms with Crippen LogP contribution in [0.25, 0.3) is 0 Å². The molecular formula is C19H18N2O3S. The minimum atomic E-state index is -1.02. The van der Waals surface area contributed by atoms with E-state index in [0.717, 1.165) is 17.0 Å². The Labute approximate surface area is 150 Å². The van der Waals surface area contributed by atoms with Crippen molar-refractivity contribution in [3.05, 3.63) is 54.1 Å². The second-order valence-corrected chi connectivity index (χ2v) is 7.14. The molecule has 25 heavy (non-hydrogen) atoms. The molecule has 0 saturated carbocycles. The molecule has 0 aliphatic carbocycles. The summed E-state index contributed by atoms with van der Waals surface area (Å²) in [6, 6.07) is 15.0. The van der Waals surface area contributed by atoms with Gasteiger partial charge in [-0.25, -0.2) is 0 Å². The summed E-state index contributed by atoms with van der Waals surface area (Å²) in [4.78, 5) is 28.1. The summed E-state index contributed by atoms with van der Waals surface area (Å²) in [6.45, 7) is 2.51. The topological polar surface area (TPSA) is 49.9 Å². The van der Waals surface area contributed by atoms with Gasteiger partial charge >= 0.3 is 0 Å². The van der Waals surface area contributed by atoms with Crippen molar-refractivity contribution in [1.29, 1.82) is 0 Å². The van der Waals surface area contributed by atoms with Crippen LogP contribution in [-0.2, 0) is 14.5 Å². The van der Waals surface area contributed by atoms with Crippen molar-refractivity contribution in [2.45, 2.75) is 11.8 Å². The fraction of sp³-hybridized carbons (Fsp3) is 0.263. The third-order valence-electron chi connectivity index (χ3n) is 4.60. The number of benzene rings is 2. The highest BCUT2D eigenvalue weighted by Gasteiger charge is 2.60. The molecule has 2 aliphatic heterocycles. The summed E-state index contributed by atoms with van der Waals surface area (Å²) in [5.74, 6) is 0.877. The quantitative estimate of drug-likeness (QED) is 0.850. The lowest BCUT2D eigenvalue weighted by Crippen LogP contribution is -2.49. The molecule has 2 heterocycles. The Bertz CT molecular complexity index is 852. The molecule has 2 amide bonds. The first-order chi connectivity index (χ1) is 12.1. The monoisotopic (exact) mass is 354 g/mol. The number of para-hydroxylation sites is 1. The number of likely N-dealkylation sites (N-methyl/N-ethyl adjacent to an activating group) is 1. The number of carbonyl (C=O) groups is 2. The Morgan fingerprint density at radius 1 is 1.12 bits per heavy atom. The molecule has 0 aromatic heterocycles. The lowest BCUT2D eigenvalue weighted by Gasteiger charge is -2.33. The number of carbonyl (C=O) groups excluding carboxylic acids is 2. The molecule has 6 heteroatoms. The van der Waals surface area contributed by atoms with Gasteiger partial charge in [0, 0.05) is 18.3 Å². The van der Waals surface area contributed by atoms with Gasteiger partial charge in [-0.15, -0.1) is 11.8 Å². The maximum atomic E-state index is 13.2. The first kappa shape index (κ1) is 16.0.